The van der Waals surface area contributed by atoms with E-state index >= 15 is 0 Å². The van der Waals surface area contributed by atoms with Gasteiger partial charge in [0.2, 0.25) is 0 Å². The Balaban J connectivity index is 1.35. The lowest BCUT2D eigenvalue weighted by molar-refractivity contribution is -0.147. The number of nitrogens with zero attached hydrogens (tertiary/aromatic N) is 1. The molecule has 0 saturated heterocycles. The van der Waals surface area contributed by atoms with Crippen molar-refractivity contribution >= 4 is 50.9 Å². The van der Waals surface area contributed by atoms with E-state index in [-0.39, 0.29) is 12.1 Å². The van der Waals surface area contributed by atoms with Gasteiger partial charge in [0.05, 0.1) is 15.9 Å². The lowest BCUT2D eigenvalue weighted by atomic mass is 10.3. The van der Waals surface area contributed by atoms with Crippen molar-refractivity contribution in [3.8, 4) is 0 Å². The average molecular weight is 422 g/mol. The molecule has 3 aromatic rings. The van der Waals surface area contributed by atoms with Crippen LogP contribution in [0.5, 0.6) is 0 Å². The number of para-hydroxylation sites is 1. The summed E-state index contributed by atoms with van der Waals surface area (Å²) in [6.45, 7) is -0.556. The van der Waals surface area contributed by atoms with Gasteiger partial charge in [-0.15, -0.1) is 11.3 Å². The summed E-state index contributed by atoms with van der Waals surface area (Å²) in [6, 6.07) is 10.6. The second kappa shape index (κ2) is 9.61. The van der Waals surface area contributed by atoms with Gasteiger partial charge in [-0.1, -0.05) is 23.9 Å². The van der Waals surface area contributed by atoms with E-state index in [1.54, 1.807) is 23.1 Å². The van der Waals surface area contributed by atoms with Crippen molar-refractivity contribution < 1.29 is 23.1 Å². The Kier molecular flexibility index (Phi) is 6.94. The third-order valence-corrected chi connectivity index (χ3v) is 5.86. The fourth-order valence-corrected chi connectivity index (χ4v) is 4.36. The molecule has 5 nitrogen and oxygen atoms in total. The van der Waals surface area contributed by atoms with Gasteiger partial charge < -0.3 is 10.1 Å². The van der Waals surface area contributed by atoms with Crippen LogP contribution in [0.25, 0.3) is 10.2 Å². The number of hydrogen-bond donors (Lipinski definition) is 1. The van der Waals surface area contributed by atoms with Gasteiger partial charge in [0.15, 0.2) is 10.9 Å². The zero-order chi connectivity index (χ0) is 19.9. The maximum atomic E-state index is 13.4. The Morgan fingerprint density at radius 2 is 2.00 bits per heavy atom. The molecule has 0 radical (unpaired) electrons. The molecule has 1 amide bonds. The van der Waals surface area contributed by atoms with Crippen LogP contribution >= 0.6 is 23.1 Å². The standard InChI is InChI=1S/C19H16F2N2O3S2/c20-12-7-8-13(21)15(10-12)22-17(24)11-26-18(25)6-3-9-27-19-23-14-4-1-2-5-16(14)28-19/h1-2,4-5,7-8,10H,3,6,9,11H2,(H,22,24). The highest BCUT2D eigenvalue weighted by atomic mass is 32.2. The summed E-state index contributed by atoms with van der Waals surface area (Å²) < 4.78 is 33.4. The van der Waals surface area contributed by atoms with Crippen molar-refractivity contribution in [1.82, 2.24) is 4.98 Å². The molecule has 1 N–H and O–H groups in total. The molecule has 0 aliphatic carbocycles. The number of hydrogen-bond acceptors (Lipinski definition) is 6. The first-order chi connectivity index (χ1) is 13.5. The zero-order valence-electron chi connectivity index (χ0n) is 14.6. The maximum absolute atomic E-state index is 13.4. The number of aromatic nitrogens is 1. The summed E-state index contributed by atoms with van der Waals surface area (Å²) in [4.78, 5) is 27.9. The van der Waals surface area contributed by atoms with E-state index < -0.39 is 30.1 Å². The number of amides is 1. The van der Waals surface area contributed by atoms with Crippen LogP contribution in [0, 0.1) is 11.6 Å². The number of carbonyl (C=O) groups excluding carboxylic acids is 2. The highest BCUT2D eigenvalue weighted by Crippen LogP contribution is 2.29. The predicted molar refractivity (Wildman–Crippen MR) is 106 cm³/mol. The Hall–Kier alpha value is -2.52. The number of thiazole rings is 1. The minimum atomic E-state index is -0.770. The number of nitrogens with one attached hydrogen (secondary N) is 1. The van der Waals surface area contributed by atoms with E-state index in [9.17, 15) is 18.4 Å². The molecular formula is C19H16F2N2O3S2. The Bertz CT molecular complexity index is 961. The number of carbonyl (C=O) groups is 2. The van der Waals surface area contributed by atoms with E-state index in [1.165, 1.54) is 0 Å². The molecule has 0 spiro atoms. The number of fused-ring (bicyclic) bond motifs is 1. The van der Waals surface area contributed by atoms with Crippen LogP contribution in [0.15, 0.2) is 46.8 Å². The van der Waals surface area contributed by atoms with Gasteiger partial charge in [-0.05, 0) is 30.7 Å². The van der Waals surface area contributed by atoms with Crippen LogP contribution in [-0.4, -0.2) is 29.2 Å². The quantitative estimate of drug-likeness (QED) is 0.326. The molecule has 28 heavy (non-hydrogen) atoms. The van der Waals surface area contributed by atoms with E-state index in [1.807, 2.05) is 24.3 Å². The van der Waals surface area contributed by atoms with E-state index in [0.717, 1.165) is 32.8 Å². The highest BCUT2D eigenvalue weighted by Gasteiger charge is 2.11. The second-order valence-electron chi connectivity index (χ2n) is 5.73. The van der Waals surface area contributed by atoms with E-state index in [2.05, 4.69) is 10.3 Å². The third kappa shape index (κ3) is 5.74. The first kappa shape index (κ1) is 20.2. The lowest BCUT2D eigenvalue weighted by Crippen LogP contribution is -2.21. The molecule has 0 bridgehead atoms. The van der Waals surface area contributed by atoms with Crippen molar-refractivity contribution in [2.24, 2.45) is 0 Å². The molecule has 3 rings (SSSR count). The number of thioether (sulfide) groups is 1. The molecule has 0 aliphatic heterocycles. The SMILES string of the molecule is O=C(COC(=O)CCCSc1nc2ccccc2s1)Nc1cc(F)ccc1F. The van der Waals surface area contributed by atoms with Crippen molar-refractivity contribution in [1.29, 1.82) is 0 Å². The molecular weight excluding hydrogens is 406 g/mol. The normalized spacial score (nSPS) is 10.8. The average Bonchev–Trinajstić information content (AvgIpc) is 3.09. The van der Waals surface area contributed by atoms with E-state index in [0.29, 0.717) is 12.2 Å². The Morgan fingerprint density at radius 1 is 1.18 bits per heavy atom. The summed E-state index contributed by atoms with van der Waals surface area (Å²) in [5.41, 5.74) is 0.656. The van der Waals surface area contributed by atoms with Gasteiger partial charge in [0, 0.05) is 18.2 Å². The van der Waals surface area contributed by atoms with Crippen LogP contribution in [0.2, 0.25) is 0 Å². The fourth-order valence-electron chi connectivity index (χ4n) is 2.29. The van der Waals surface area contributed by atoms with Crippen LogP contribution < -0.4 is 5.32 Å². The molecule has 146 valence electrons. The lowest BCUT2D eigenvalue weighted by Gasteiger charge is -2.07. The molecule has 0 atom stereocenters. The van der Waals surface area contributed by atoms with Crippen molar-refractivity contribution in [2.75, 3.05) is 17.7 Å². The molecule has 0 unspecified atom stereocenters. The zero-order valence-corrected chi connectivity index (χ0v) is 16.2. The summed E-state index contributed by atoms with van der Waals surface area (Å²) in [7, 11) is 0. The van der Waals surface area contributed by atoms with Gasteiger partial charge in [-0.3, -0.25) is 9.59 Å². The van der Waals surface area contributed by atoms with Gasteiger partial charge in [0.25, 0.3) is 5.91 Å². The topological polar surface area (TPSA) is 68.3 Å². The summed E-state index contributed by atoms with van der Waals surface area (Å²) in [5, 5.41) is 2.17. The molecule has 9 heteroatoms. The minimum absolute atomic E-state index is 0.152. The van der Waals surface area contributed by atoms with Crippen LogP contribution in [0.3, 0.4) is 0 Å². The second-order valence-corrected chi connectivity index (χ2v) is 8.11. The van der Waals surface area contributed by atoms with Crippen molar-refractivity contribution in [2.45, 2.75) is 17.2 Å². The maximum Gasteiger partial charge on any atom is 0.306 e. The van der Waals surface area contributed by atoms with Crippen LogP contribution in [0.4, 0.5) is 14.5 Å². The summed E-state index contributed by atoms with van der Waals surface area (Å²) in [6.07, 6.45) is 0.721. The van der Waals surface area contributed by atoms with Crippen LogP contribution in [-0.2, 0) is 14.3 Å². The number of rotatable bonds is 8. The first-order valence-electron chi connectivity index (χ1n) is 8.40. The molecule has 0 aliphatic rings. The van der Waals surface area contributed by atoms with E-state index in [4.69, 9.17) is 4.74 Å². The minimum Gasteiger partial charge on any atom is -0.456 e. The molecule has 1 aromatic heterocycles. The fraction of sp³-hybridized carbons (Fsp3) is 0.211. The number of ether oxygens (including phenoxy) is 1. The van der Waals surface area contributed by atoms with Gasteiger partial charge in [-0.2, -0.15) is 0 Å². The number of esters is 1. The van der Waals surface area contributed by atoms with Crippen molar-refractivity contribution in [3.05, 3.63) is 54.1 Å². The highest BCUT2D eigenvalue weighted by molar-refractivity contribution is 8.01. The monoisotopic (exact) mass is 422 g/mol. The molecule has 2 aromatic carbocycles. The summed E-state index contributed by atoms with van der Waals surface area (Å²) >= 11 is 3.16. The van der Waals surface area contributed by atoms with Gasteiger partial charge >= 0.3 is 5.97 Å². The number of anilines is 1. The molecule has 0 saturated carbocycles. The first-order valence-corrected chi connectivity index (χ1v) is 10.2. The molecule has 0 fully saturated rings. The van der Waals surface area contributed by atoms with Crippen molar-refractivity contribution in [3.63, 3.8) is 0 Å². The number of benzene rings is 2. The Morgan fingerprint density at radius 3 is 2.82 bits per heavy atom. The number of halogens is 2. The summed E-state index contributed by atoms with van der Waals surface area (Å²) in [5.74, 6) is -2.02. The molecule has 1 heterocycles. The largest absolute Gasteiger partial charge is 0.456 e. The third-order valence-electron chi connectivity index (χ3n) is 3.59. The van der Waals surface area contributed by atoms with Gasteiger partial charge in [-0.25, -0.2) is 13.8 Å². The smallest absolute Gasteiger partial charge is 0.306 e. The van der Waals surface area contributed by atoms with Gasteiger partial charge in [0.1, 0.15) is 11.6 Å². The Labute approximate surface area is 168 Å². The van der Waals surface area contributed by atoms with Crippen LogP contribution in [0.1, 0.15) is 12.8 Å². The predicted octanol–water partition coefficient (Wildman–Crippen LogP) is 4.63.